The highest BCUT2D eigenvalue weighted by Crippen LogP contribution is 2.04. The molecule has 0 saturated heterocycles. The number of hydrogen-bond acceptors (Lipinski definition) is 4. The Morgan fingerprint density at radius 3 is 3.06 bits per heavy atom. The van der Waals surface area contributed by atoms with Gasteiger partial charge in [-0.2, -0.15) is 0 Å². The molecule has 1 heterocycles. The predicted octanol–water partition coefficient (Wildman–Crippen LogP) is 0.862. The molecule has 0 saturated carbocycles. The zero-order valence-electron chi connectivity index (χ0n) is 9.64. The van der Waals surface area contributed by atoms with Crippen LogP contribution >= 0.6 is 0 Å². The first kappa shape index (κ1) is 12.4. The zero-order valence-corrected chi connectivity index (χ0v) is 9.64. The van der Waals surface area contributed by atoms with Crippen LogP contribution in [0.25, 0.3) is 0 Å². The Kier molecular flexibility index (Phi) is 4.72. The van der Waals surface area contributed by atoms with Crippen molar-refractivity contribution in [3.05, 3.63) is 29.6 Å². The molecule has 5 nitrogen and oxygen atoms in total. The summed E-state index contributed by atoms with van der Waals surface area (Å²) in [5.41, 5.74) is 7.84. The minimum absolute atomic E-state index is 0.0157. The monoisotopic (exact) mass is 222 g/mol. The maximum absolute atomic E-state index is 8.49. The zero-order chi connectivity index (χ0) is 12.0. The molecule has 5 heteroatoms. The molecule has 0 fully saturated rings. The third-order valence-corrected chi connectivity index (χ3v) is 2.53. The van der Waals surface area contributed by atoms with Gasteiger partial charge in [0.2, 0.25) is 0 Å². The summed E-state index contributed by atoms with van der Waals surface area (Å²) in [6.07, 6.45) is 3.62. The number of pyridine rings is 1. The lowest BCUT2D eigenvalue weighted by atomic mass is 10.1. The fraction of sp³-hybridized carbons (Fsp3) is 0.455. The van der Waals surface area contributed by atoms with Gasteiger partial charge in [-0.05, 0) is 24.1 Å². The largest absolute Gasteiger partial charge is 0.409 e. The number of amidine groups is 1. The summed E-state index contributed by atoms with van der Waals surface area (Å²) in [4.78, 5) is 4.07. The molecule has 0 amide bonds. The van der Waals surface area contributed by atoms with Crippen LogP contribution in [0.3, 0.4) is 0 Å². The number of nitrogens with zero attached hydrogens (tertiary/aromatic N) is 2. The second kappa shape index (κ2) is 6.07. The molecular formula is C11H18N4O. The van der Waals surface area contributed by atoms with E-state index in [0.717, 1.165) is 12.1 Å². The van der Waals surface area contributed by atoms with Gasteiger partial charge in [-0.1, -0.05) is 12.1 Å². The lowest BCUT2D eigenvalue weighted by Gasteiger charge is -2.11. The van der Waals surface area contributed by atoms with Crippen LogP contribution in [0.15, 0.2) is 23.6 Å². The number of aromatic nitrogens is 1. The first-order valence-corrected chi connectivity index (χ1v) is 5.22. The van der Waals surface area contributed by atoms with Crippen molar-refractivity contribution in [3.63, 3.8) is 0 Å². The molecule has 4 N–H and O–H groups in total. The third-order valence-electron chi connectivity index (χ3n) is 2.53. The van der Waals surface area contributed by atoms with E-state index in [9.17, 15) is 0 Å². The maximum Gasteiger partial charge on any atom is 0.143 e. The van der Waals surface area contributed by atoms with Crippen molar-refractivity contribution < 1.29 is 5.21 Å². The fourth-order valence-electron chi connectivity index (χ4n) is 1.31. The minimum Gasteiger partial charge on any atom is -0.409 e. The Balaban J connectivity index is 2.39. The third kappa shape index (κ3) is 3.51. The lowest BCUT2D eigenvalue weighted by Crippen LogP contribution is -2.31. The molecular weight excluding hydrogens is 204 g/mol. The summed E-state index contributed by atoms with van der Waals surface area (Å²) in [5.74, 6) is 0.261. The Labute approximate surface area is 95.4 Å². The van der Waals surface area contributed by atoms with E-state index in [4.69, 9.17) is 10.9 Å². The highest BCUT2D eigenvalue weighted by Gasteiger charge is 2.06. The lowest BCUT2D eigenvalue weighted by molar-refractivity contribution is 0.314. The van der Waals surface area contributed by atoms with Crippen molar-refractivity contribution in [1.82, 2.24) is 10.3 Å². The number of oxime groups is 1. The van der Waals surface area contributed by atoms with Gasteiger partial charge in [-0.3, -0.25) is 4.98 Å². The molecule has 0 aliphatic heterocycles. The first-order valence-electron chi connectivity index (χ1n) is 5.22. The van der Waals surface area contributed by atoms with Crippen LogP contribution in [0.1, 0.15) is 18.1 Å². The molecule has 0 aliphatic rings. The van der Waals surface area contributed by atoms with Crippen molar-refractivity contribution in [3.8, 4) is 0 Å². The number of nitrogens with two attached hydrogens (primary N) is 1. The summed E-state index contributed by atoms with van der Waals surface area (Å²) in [7, 11) is 0. The van der Waals surface area contributed by atoms with E-state index >= 15 is 0 Å². The maximum atomic E-state index is 8.49. The van der Waals surface area contributed by atoms with Gasteiger partial charge in [0.1, 0.15) is 5.84 Å². The van der Waals surface area contributed by atoms with Crippen molar-refractivity contribution in [1.29, 1.82) is 0 Å². The van der Waals surface area contributed by atoms with Crippen LogP contribution in [0.2, 0.25) is 0 Å². The van der Waals surface area contributed by atoms with Crippen molar-refractivity contribution in [2.45, 2.75) is 20.4 Å². The highest BCUT2D eigenvalue weighted by atomic mass is 16.4. The second-order valence-corrected chi connectivity index (χ2v) is 3.86. The number of aryl methyl sites for hydroxylation is 1. The molecule has 0 aliphatic carbocycles. The Morgan fingerprint density at radius 2 is 2.44 bits per heavy atom. The molecule has 1 unspecified atom stereocenters. The van der Waals surface area contributed by atoms with E-state index in [0.29, 0.717) is 6.54 Å². The summed E-state index contributed by atoms with van der Waals surface area (Å²) in [6.45, 7) is 5.36. The summed E-state index contributed by atoms with van der Waals surface area (Å²) in [6, 6.07) is 1.98. The molecule has 1 atom stereocenters. The topological polar surface area (TPSA) is 83.5 Å². The van der Waals surface area contributed by atoms with Crippen LogP contribution in [0.5, 0.6) is 0 Å². The van der Waals surface area contributed by atoms with E-state index in [2.05, 4.69) is 15.5 Å². The van der Waals surface area contributed by atoms with Crippen LogP contribution in [-0.4, -0.2) is 22.6 Å². The van der Waals surface area contributed by atoms with Crippen LogP contribution in [-0.2, 0) is 6.54 Å². The average molecular weight is 222 g/mol. The van der Waals surface area contributed by atoms with Gasteiger partial charge in [-0.15, -0.1) is 0 Å². The quantitative estimate of drug-likeness (QED) is 0.298. The Bertz CT molecular complexity index is 365. The van der Waals surface area contributed by atoms with Crippen molar-refractivity contribution in [2.75, 3.05) is 6.54 Å². The molecule has 0 radical (unpaired) electrons. The van der Waals surface area contributed by atoms with Crippen LogP contribution < -0.4 is 11.1 Å². The van der Waals surface area contributed by atoms with Gasteiger partial charge in [0, 0.05) is 31.4 Å². The van der Waals surface area contributed by atoms with E-state index in [-0.39, 0.29) is 11.8 Å². The van der Waals surface area contributed by atoms with Gasteiger partial charge in [0.15, 0.2) is 0 Å². The normalized spacial score (nSPS) is 13.8. The summed E-state index contributed by atoms with van der Waals surface area (Å²) < 4.78 is 0. The molecule has 0 bridgehead atoms. The van der Waals surface area contributed by atoms with Gasteiger partial charge in [0.25, 0.3) is 0 Å². The molecule has 1 rings (SSSR count). The molecule has 88 valence electrons. The predicted molar refractivity (Wildman–Crippen MR) is 63.3 cm³/mol. The summed E-state index contributed by atoms with van der Waals surface area (Å²) in [5, 5.41) is 14.7. The average Bonchev–Trinajstić information content (AvgIpc) is 2.30. The Hall–Kier alpha value is -1.62. The summed E-state index contributed by atoms with van der Waals surface area (Å²) >= 11 is 0. The number of rotatable bonds is 5. The van der Waals surface area contributed by atoms with E-state index in [1.807, 2.05) is 26.1 Å². The van der Waals surface area contributed by atoms with Crippen molar-refractivity contribution >= 4 is 5.84 Å². The van der Waals surface area contributed by atoms with Gasteiger partial charge in [0.05, 0.1) is 0 Å². The van der Waals surface area contributed by atoms with Gasteiger partial charge in [-0.25, -0.2) is 0 Å². The molecule has 1 aromatic rings. The second-order valence-electron chi connectivity index (χ2n) is 3.86. The molecule has 0 spiro atoms. The molecule has 16 heavy (non-hydrogen) atoms. The van der Waals surface area contributed by atoms with Gasteiger partial charge < -0.3 is 16.3 Å². The number of hydrogen-bond donors (Lipinski definition) is 3. The highest BCUT2D eigenvalue weighted by molar-refractivity contribution is 5.82. The van der Waals surface area contributed by atoms with Crippen LogP contribution in [0.4, 0.5) is 0 Å². The van der Waals surface area contributed by atoms with E-state index in [1.165, 1.54) is 5.56 Å². The number of nitrogens with one attached hydrogen (secondary N) is 1. The van der Waals surface area contributed by atoms with Crippen molar-refractivity contribution in [2.24, 2.45) is 16.8 Å². The molecule has 0 aromatic carbocycles. The first-order chi connectivity index (χ1) is 7.65. The van der Waals surface area contributed by atoms with Gasteiger partial charge >= 0.3 is 0 Å². The smallest absolute Gasteiger partial charge is 0.143 e. The SMILES string of the molecule is Cc1ccncc1CNCC(C)/C(N)=N/O. The fourth-order valence-corrected chi connectivity index (χ4v) is 1.31. The Morgan fingerprint density at radius 1 is 1.69 bits per heavy atom. The van der Waals surface area contributed by atoms with E-state index in [1.54, 1.807) is 6.20 Å². The minimum atomic E-state index is 0.0157. The molecule has 1 aromatic heterocycles. The van der Waals surface area contributed by atoms with E-state index < -0.39 is 0 Å². The van der Waals surface area contributed by atoms with Crippen LogP contribution in [0, 0.1) is 12.8 Å². The standard InChI is InChI=1S/C11H18N4O/c1-8-3-4-13-6-10(8)7-14-5-9(2)11(12)15-16/h3-4,6,9,14,16H,5,7H2,1-2H3,(H2,12,15).